The van der Waals surface area contributed by atoms with E-state index < -0.39 is 0 Å². The van der Waals surface area contributed by atoms with Crippen molar-refractivity contribution < 1.29 is 14.3 Å². The van der Waals surface area contributed by atoms with Crippen LogP contribution in [0.3, 0.4) is 0 Å². The maximum Gasteiger partial charge on any atom is 0.186 e. The van der Waals surface area contributed by atoms with Crippen LogP contribution in [0, 0.1) is 0 Å². The summed E-state index contributed by atoms with van der Waals surface area (Å²) in [6.07, 6.45) is 0. The lowest BCUT2D eigenvalue weighted by Gasteiger charge is -2.19. The summed E-state index contributed by atoms with van der Waals surface area (Å²) in [5, 5.41) is 0. The summed E-state index contributed by atoms with van der Waals surface area (Å²) in [6, 6.07) is 21.6. The van der Waals surface area contributed by atoms with Gasteiger partial charge in [-0.3, -0.25) is 4.79 Å². The van der Waals surface area contributed by atoms with Gasteiger partial charge in [0.15, 0.2) is 5.78 Å². The van der Waals surface area contributed by atoms with Crippen LogP contribution in [0.5, 0.6) is 11.5 Å². The summed E-state index contributed by atoms with van der Waals surface area (Å²) in [4.78, 5) is 18.2. The minimum atomic E-state index is -0.0554. The summed E-state index contributed by atoms with van der Waals surface area (Å²) < 4.78 is 12.7. The molecule has 0 aliphatic heterocycles. The molecule has 164 valence electrons. The third kappa shape index (κ3) is 4.11. The molecule has 0 aliphatic carbocycles. The molecule has 5 heteroatoms. The fraction of sp³-hybridized carbons (Fsp3) is 0.259. The maximum atomic E-state index is 13.3. The first-order valence-corrected chi connectivity index (χ1v) is 10.6. The molecule has 1 heterocycles. The lowest BCUT2D eigenvalue weighted by molar-refractivity contribution is 0.0971. The average molecular weight is 429 g/mol. The van der Waals surface area contributed by atoms with Gasteiger partial charge in [0.05, 0.1) is 37.4 Å². The molecule has 0 spiro atoms. The molecule has 0 amide bonds. The van der Waals surface area contributed by atoms with Gasteiger partial charge in [0.1, 0.15) is 17.3 Å². The molecular formula is C27H28N2O3. The number of methoxy groups -OCH3 is 2. The van der Waals surface area contributed by atoms with Crippen molar-refractivity contribution in [2.75, 3.05) is 14.2 Å². The number of hydrogen-bond donors (Lipinski definition) is 0. The molecule has 1 aromatic heterocycles. The van der Waals surface area contributed by atoms with E-state index in [-0.39, 0.29) is 17.7 Å². The molecular weight excluding hydrogens is 400 g/mol. The van der Waals surface area contributed by atoms with Crippen molar-refractivity contribution in [2.24, 2.45) is 0 Å². The quantitative estimate of drug-likeness (QED) is 0.359. The summed E-state index contributed by atoms with van der Waals surface area (Å²) in [7, 11) is 3.14. The van der Waals surface area contributed by atoms with E-state index in [1.807, 2.05) is 28.8 Å². The normalized spacial score (nSPS) is 11.5. The van der Waals surface area contributed by atoms with E-state index in [2.05, 4.69) is 45.0 Å². The molecule has 32 heavy (non-hydrogen) atoms. The van der Waals surface area contributed by atoms with Gasteiger partial charge in [0.2, 0.25) is 0 Å². The highest BCUT2D eigenvalue weighted by atomic mass is 16.5. The standard InChI is InChI=1S/C27H28N2O3/c1-27(2,3)19-12-10-18(11-13-19)26-28-22-8-6-7-9-23(22)29(26)17-24(30)21-15-14-20(31-4)16-25(21)32-5/h6-16H,17H2,1-5H3. The molecule has 4 rings (SSSR count). The van der Waals surface area contributed by atoms with Crippen LogP contribution >= 0.6 is 0 Å². The van der Waals surface area contributed by atoms with Gasteiger partial charge in [-0.15, -0.1) is 0 Å². The number of hydrogen-bond acceptors (Lipinski definition) is 4. The molecule has 0 bridgehead atoms. The number of nitrogens with zero attached hydrogens (tertiary/aromatic N) is 2. The van der Waals surface area contributed by atoms with Crippen LogP contribution in [0.1, 0.15) is 36.7 Å². The van der Waals surface area contributed by atoms with E-state index in [9.17, 15) is 4.79 Å². The van der Waals surface area contributed by atoms with E-state index in [4.69, 9.17) is 14.5 Å². The van der Waals surface area contributed by atoms with Crippen molar-refractivity contribution in [3.63, 3.8) is 0 Å². The van der Waals surface area contributed by atoms with Gasteiger partial charge < -0.3 is 14.0 Å². The van der Waals surface area contributed by atoms with Gasteiger partial charge in [-0.2, -0.15) is 0 Å². The molecule has 4 aromatic rings. The highest BCUT2D eigenvalue weighted by Crippen LogP contribution is 2.30. The number of aromatic nitrogens is 2. The van der Waals surface area contributed by atoms with Crippen LogP contribution in [-0.2, 0) is 12.0 Å². The van der Waals surface area contributed by atoms with E-state index >= 15 is 0 Å². The smallest absolute Gasteiger partial charge is 0.186 e. The first-order valence-electron chi connectivity index (χ1n) is 10.6. The van der Waals surface area contributed by atoms with E-state index in [1.54, 1.807) is 32.4 Å². The second-order valence-electron chi connectivity index (χ2n) is 8.83. The minimum absolute atomic E-state index is 0.0554. The molecule has 0 atom stereocenters. The van der Waals surface area contributed by atoms with Gasteiger partial charge in [0.25, 0.3) is 0 Å². The fourth-order valence-corrected chi connectivity index (χ4v) is 3.83. The van der Waals surface area contributed by atoms with Gasteiger partial charge in [-0.1, -0.05) is 57.2 Å². The topological polar surface area (TPSA) is 53.4 Å². The molecule has 0 aliphatic rings. The summed E-state index contributed by atoms with van der Waals surface area (Å²) in [6.45, 7) is 6.73. The third-order valence-electron chi connectivity index (χ3n) is 5.67. The minimum Gasteiger partial charge on any atom is -0.497 e. The monoisotopic (exact) mass is 428 g/mol. The van der Waals surface area contributed by atoms with Gasteiger partial charge in [-0.25, -0.2) is 4.98 Å². The molecule has 0 radical (unpaired) electrons. The zero-order valence-corrected chi connectivity index (χ0v) is 19.2. The van der Waals surface area contributed by atoms with Crippen LogP contribution in [0.4, 0.5) is 0 Å². The number of para-hydroxylation sites is 2. The zero-order valence-electron chi connectivity index (χ0n) is 19.2. The zero-order chi connectivity index (χ0) is 22.9. The predicted molar refractivity (Wildman–Crippen MR) is 128 cm³/mol. The Morgan fingerprint density at radius 1 is 0.938 bits per heavy atom. The van der Waals surface area contributed by atoms with Crippen molar-refractivity contribution >= 4 is 16.8 Å². The fourth-order valence-electron chi connectivity index (χ4n) is 3.83. The lowest BCUT2D eigenvalue weighted by atomic mass is 9.87. The van der Waals surface area contributed by atoms with E-state index in [0.717, 1.165) is 22.4 Å². The van der Waals surface area contributed by atoms with Crippen molar-refractivity contribution in [3.8, 4) is 22.9 Å². The molecule has 5 nitrogen and oxygen atoms in total. The average Bonchev–Trinajstić information content (AvgIpc) is 3.16. The number of ketones is 1. The number of carbonyl (C=O) groups is 1. The number of benzene rings is 3. The largest absolute Gasteiger partial charge is 0.497 e. The highest BCUT2D eigenvalue weighted by Gasteiger charge is 2.20. The second kappa shape index (κ2) is 8.50. The third-order valence-corrected chi connectivity index (χ3v) is 5.67. The van der Waals surface area contributed by atoms with Crippen molar-refractivity contribution in [1.29, 1.82) is 0 Å². The number of Topliss-reactive ketones (excluding diaryl/α,β-unsaturated/α-hetero) is 1. The van der Waals surface area contributed by atoms with Crippen molar-refractivity contribution in [3.05, 3.63) is 77.9 Å². The Hall–Kier alpha value is -3.60. The summed E-state index contributed by atoms with van der Waals surface area (Å²) in [5.41, 5.74) is 4.59. The first-order chi connectivity index (χ1) is 15.3. The lowest BCUT2D eigenvalue weighted by Crippen LogP contribution is -2.13. The Bertz CT molecular complexity index is 1260. The summed E-state index contributed by atoms with van der Waals surface area (Å²) in [5.74, 6) is 1.86. The number of imidazole rings is 1. The molecule has 0 fully saturated rings. The first kappa shape index (κ1) is 21.6. The van der Waals surface area contributed by atoms with Gasteiger partial charge in [0, 0.05) is 11.6 Å². The van der Waals surface area contributed by atoms with Gasteiger partial charge >= 0.3 is 0 Å². The number of ether oxygens (including phenoxy) is 2. The van der Waals surface area contributed by atoms with E-state index in [0.29, 0.717) is 17.1 Å². The Balaban J connectivity index is 1.77. The molecule has 0 unspecified atom stereocenters. The number of carbonyl (C=O) groups excluding carboxylic acids is 1. The Morgan fingerprint density at radius 2 is 1.66 bits per heavy atom. The predicted octanol–water partition coefficient (Wildman–Crippen LogP) is 5.90. The Labute approximate surface area is 188 Å². The highest BCUT2D eigenvalue weighted by molar-refractivity contribution is 6.00. The van der Waals surface area contributed by atoms with Gasteiger partial charge in [-0.05, 0) is 35.2 Å². The second-order valence-corrected chi connectivity index (χ2v) is 8.83. The van der Waals surface area contributed by atoms with Crippen molar-refractivity contribution in [2.45, 2.75) is 32.7 Å². The SMILES string of the molecule is COc1ccc(C(=O)Cn2c(-c3ccc(C(C)(C)C)cc3)nc3ccccc32)c(OC)c1. The van der Waals surface area contributed by atoms with E-state index in [1.165, 1.54) is 5.56 Å². The maximum absolute atomic E-state index is 13.3. The van der Waals surface area contributed by atoms with Crippen LogP contribution in [-0.4, -0.2) is 29.6 Å². The number of rotatable bonds is 6. The van der Waals surface area contributed by atoms with Crippen LogP contribution < -0.4 is 9.47 Å². The van der Waals surface area contributed by atoms with Crippen molar-refractivity contribution in [1.82, 2.24) is 9.55 Å². The summed E-state index contributed by atoms with van der Waals surface area (Å²) >= 11 is 0. The Kier molecular flexibility index (Phi) is 5.74. The number of fused-ring (bicyclic) bond motifs is 1. The molecule has 0 N–H and O–H groups in total. The van der Waals surface area contributed by atoms with Crippen LogP contribution in [0.15, 0.2) is 66.7 Å². The Morgan fingerprint density at radius 3 is 2.31 bits per heavy atom. The van der Waals surface area contributed by atoms with Crippen LogP contribution in [0.25, 0.3) is 22.4 Å². The molecule has 0 saturated heterocycles. The van der Waals surface area contributed by atoms with Crippen LogP contribution in [0.2, 0.25) is 0 Å². The molecule has 3 aromatic carbocycles. The molecule has 0 saturated carbocycles.